The van der Waals surface area contributed by atoms with Gasteiger partial charge in [-0.1, -0.05) is 24.1 Å². The van der Waals surface area contributed by atoms with Crippen molar-refractivity contribution in [1.29, 1.82) is 0 Å². The van der Waals surface area contributed by atoms with Gasteiger partial charge in [0.1, 0.15) is 6.54 Å². The molecule has 0 amide bonds. The summed E-state index contributed by atoms with van der Waals surface area (Å²) >= 11 is 0. The van der Waals surface area contributed by atoms with Gasteiger partial charge in [-0.3, -0.25) is 9.74 Å². The molecule has 0 saturated carbocycles. The van der Waals surface area contributed by atoms with Crippen molar-refractivity contribution in [1.82, 2.24) is 4.90 Å². The van der Waals surface area contributed by atoms with E-state index in [9.17, 15) is 0 Å². The van der Waals surface area contributed by atoms with Gasteiger partial charge < -0.3 is 4.74 Å². The van der Waals surface area contributed by atoms with Gasteiger partial charge in [0, 0.05) is 19.6 Å². The lowest BCUT2D eigenvalue weighted by atomic mass is 10.3. The van der Waals surface area contributed by atoms with Crippen molar-refractivity contribution < 1.29 is 9.57 Å². The van der Waals surface area contributed by atoms with Gasteiger partial charge in [0.2, 0.25) is 0 Å². The summed E-state index contributed by atoms with van der Waals surface area (Å²) in [6, 6.07) is 9.91. The zero-order chi connectivity index (χ0) is 13.3. The minimum absolute atomic E-state index is 0.452. The average Bonchev–Trinajstić information content (AvgIpc) is 2.48. The first-order valence-corrected chi connectivity index (χ1v) is 6.59. The van der Waals surface area contributed by atoms with Crippen LogP contribution in [0.4, 0.5) is 5.69 Å². The topological polar surface area (TPSA) is 24.9 Å². The molecule has 1 aliphatic heterocycles. The summed E-state index contributed by atoms with van der Waals surface area (Å²) in [5, 5.41) is 1.76. The van der Waals surface area contributed by atoms with Crippen LogP contribution in [0.3, 0.4) is 0 Å². The van der Waals surface area contributed by atoms with E-state index in [1.165, 1.54) is 0 Å². The van der Waals surface area contributed by atoms with Crippen molar-refractivity contribution in [3.8, 4) is 12.3 Å². The molecule has 0 spiro atoms. The molecule has 1 aliphatic rings. The third-order valence-corrected chi connectivity index (χ3v) is 3.04. The minimum atomic E-state index is 0.452. The standard InChI is InChI=1S/C15H20N2O2/c1-2-8-17(15-6-4-3-5-7-15)19-14-11-16-9-12-18-13-10-16/h1,3-7H,8-14H2. The monoisotopic (exact) mass is 260 g/mol. The fraction of sp³-hybridized carbons (Fsp3) is 0.467. The van der Waals surface area contributed by atoms with Crippen LogP contribution in [0.25, 0.3) is 0 Å². The van der Waals surface area contributed by atoms with Crippen molar-refractivity contribution in [2.24, 2.45) is 0 Å². The highest BCUT2D eigenvalue weighted by Crippen LogP contribution is 2.13. The number of nitrogens with zero attached hydrogens (tertiary/aromatic N) is 2. The molecule has 102 valence electrons. The van der Waals surface area contributed by atoms with E-state index >= 15 is 0 Å². The van der Waals surface area contributed by atoms with Crippen LogP contribution in [0, 0.1) is 12.3 Å². The highest BCUT2D eigenvalue weighted by atomic mass is 16.7. The maximum Gasteiger partial charge on any atom is 0.106 e. The highest BCUT2D eigenvalue weighted by Gasteiger charge is 2.11. The van der Waals surface area contributed by atoms with E-state index < -0.39 is 0 Å². The molecule has 0 unspecified atom stereocenters. The Morgan fingerprint density at radius 2 is 2.00 bits per heavy atom. The molecule has 1 aromatic carbocycles. The first-order chi connectivity index (χ1) is 9.40. The van der Waals surface area contributed by atoms with Crippen molar-refractivity contribution in [3.63, 3.8) is 0 Å². The molecule has 1 fully saturated rings. The van der Waals surface area contributed by atoms with E-state index in [1.54, 1.807) is 5.06 Å². The minimum Gasteiger partial charge on any atom is -0.379 e. The number of benzene rings is 1. The normalized spacial score (nSPS) is 15.9. The number of morpholine rings is 1. The fourth-order valence-electron chi connectivity index (χ4n) is 1.99. The lowest BCUT2D eigenvalue weighted by Crippen LogP contribution is -2.39. The predicted molar refractivity (Wildman–Crippen MR) is 75.8 cm³/mol. The Kier molecular flexibility index (Phi) is 5.70. The second-order valence-corrected chi connectivity index (χ2v) is 4.36. The van der Waals surface area contributed by atoms with Gasteiger partial charge in [-0.05, 0) is 12.1 Å². The van der Waals surface area contributed by atoms with Crippen molar-refractivity contribution in [3.05, 3.63) is 30.3 Å². The average molecular weight is 260 g/mol. The molecule has 4 nitrogen and oxygen atoms in total. The molecule has 0 N–H and O–H groups in total. The lowest BCUT2D eigenvalue weighted by molar-refractivity contribution is 0.0175. The number of para-hydroxylation sites is 1. The van der Waals surface area contributed by atoms with E-state index in [-0.39, 0.29) is 0 Å². The van der Waals surface area contributed by atoms with E-state index in [1.807, 2.05) is 30.3 Å². The summed E-state index contributed by atoms with van der Waals surface area (Å²) in [4.78, 5) is 8.12. The van der Waals surface area contributed by atoms with E-state index in [4.69, 9.17) is 16.0 Å². The summed E-state index contributed by atoms with van der Waals surface area (Å²) in [5.74, 6) is 2.62. The Balaban J connectivity index is 1.79. The van der Waals surface area contributed by atoms with Crippen LogP contribution in [0.15, 0.2) is 30.3 Å². The summed E-state index contributed by atoms with van der Waals surface area (Å²) < 4.78 is 5.32. The van der Waals surface area contributed by atoms with Gasteiger partial charge >= 0.3 is 0 Å². The van der Waals surface area contributed by atoms with Crippen LogP contribution in [0.5, 0.6) is 0 Å². The maximum absolute atomic E-state index is 5.78. The van der Waals surface area contributed by atoms with Crippen LogP contribution in [-0.4, -0.2) is 50.9 Å². The number of hydroxylamine groups is 1. The quantitative estimate of drug-likeness (QED) is 0.570. The number of anilines is 1. The number of terminal acetylenes is 1. The third-order valence-electron chi connectivity index (χ3n) is 3.04. The zero-order valence-corrected chi connectivity index (χ0v) is 11.1. The molecule has 0 bridgehead atoms. The van der Waals surface area contributed by atoms with E-state index in [2.05, 4.69) is 10.8 Å². The summed E-state index contributed by atoms with van der Waals surface area (Å²) in [7, 11) is 0. The molecule has 1 heterocycles. The fourth-order valence-corrected chi connectivity index (χ4v) is 1.99. The molecular weight excluding hydrogens is 240 g/mol. The van der Waals surface area contributed by atoms with Crippen LogP contribution < -0.4 is 5.06 Å². The SMILES string of the molecule is C#CCN(OCCN1CCOCC1)c1ccccc1. The Morgan fingerprint density at radius 3 is 2.68 bits per heavy atom. The molecule has 0 aliphatic carbocycles. The first kappa shape index (κ1) is 13.9. The Hall–Kier alpha value is -1.54. The van der Waals surface area contributed by atoms with Gasteiger partial charge in [-0.25, -0.2) is 5.06 Å². The summed E-state index contributed by atoms with van der Waals surface area (Å²) in [5.41, 5.74) is 0.988. The Labute approximate surface area is 114 Å². The molecular formula is C15H20N2O2. The number of hydrogen-bond donors (Lipinski definition) is 0. The Bertz CT molecular complexity index is 396. The van der Waals surface area contributed by atoms with Crippen molar-refractivity contribution in [2.75, 3.05) is 51.1 Å². The molecule has 2 rings (SSSR count). The van der Waals surface area contributed by atoms with Crippen LogP contribution in [0.1, 0.15) is 0 Å². The maximum atomic E-state index is 5.78. The summed E-state index contributed by atoms with van der Waals surface area (Å²) in [6.07, 6.45) is 5.38. The van der Waals surface area contributed by atoms with Crippen molar-refractivity contribution in [2.45, 2.75) is 0 Å². The smallest absolute Gasteiger partial charge is 0.106 e. The lowest BCUT2D eigenvalue weighted by Gasteiger charge is -2.28. The summed E-state index contributed by atoms with van der Waals surface area (Å²) in [6.45, 7) is 5.56. The van der Waals surface area contributed by atoms with Gasteiger partial charge in [-0.15, -0.1) is 6.42 Å². The Morgan fingerprint density at radius 1 is 1.26 bits per heavy atom. The first-order valence-electron chi connectivity index (χ1n) is 6.59. The number of hydrogen-bond acceptors (Lipinski definition) is 4. The highest BCUT2D eigenvalue weighted by molar-refractivity contribution is 5.44. The largest absolute Gasteiger partial charge is 0.379 e. The third kappa shape index (κ3) is 4.56. The molecule has 0 aromatic heterocycles. The van der Waals surface area contributed by atoms with E-state index in [0.717, 1.165) is 38.5 Å². The van der Waals surface area contributed by atoms with Crippen molar-refractivity contribution >= 4 is 5.69 Å². The van der Waals surface area contributed by atoms with Gasteiger partial charge in [0.25, 0.3) is 0 Å². The molecule has 0 radical (unpaired) electrons. The zero-order valence-electron chi connectivity index (χ0n) is 11.1. The predicted octanol–water partition coefficient (Wildman–Crippen LogP) is 1.39. The molecule has 1 saturated heterocycles. The number of rotatable bonds is 6. The number of ether oxygens (including phenoxy) is 1. The van der Waals surface area contributed by atoms with E-state index in [0.29, 0.717) is 13.2 Å². The molecule has 19 heavy (non-hydrogen) atoms. The molecule has 0 atom stereocenters. The molecule has 1 aromatic rings. The van der Waals surface area contributed by atoms with Crippen LogP contribution in [0.2, 0.25) is 0 Å². The second kappa shape index (κ2) is 7.80. The van der Waals surface area contributed by atoms with Gasteiger partial charge in [0.15, 0.2) is 0 Å². The van der Waals surface area contributed by atoms with Gasteiger partial charge in [0.05, 0.1) is 25.5 Å². The van der Waals surface area contributed by atoms with Crippen LogP contribution >= 0.6 is 0 Å². The van der Waals surface area contributed by atoms with Crippen LogP contribution in [-0.2, 0) is 9.57 Å². The van der Waals surface area contributed by atoms with Gasteiger partial charge in [-0.2, -0.15) is 0 Å². The molecule has 4 heteroatoms. The second-order valence-electron chi connectivity index (χ2n) is 4.36.